The Morgan fingerprint density at radius 3 is 2.76 bits per heavy atom. The van der Waals surface area contributed by atoms with E-state index in [2.05, 4.69) is 44.3 Å². The van der Waals surface area contributed by atoms with Crippen molar-refractivity contribution in [1.82, 2.24) is 15.8 Å². The van der Waals surface area contributed by atoms with Gasteiger partial charge in [-0.1, -0.05) is 27.4 Å². The van der Waals surface area contributed by atoms with E-state index < -0.39 is 0 Å². The van der Waals surface area contributed by atoms with Gasteiger partial charge in [0.15, 0.2) is 0 Å². The zero-order valence-electron chi connectivity index (χ0n) is 13.3. The summed E-state index contributed by atoms with van der Waals surface area (Å²) in [4.78, 5) is 6.75. The van der Waals surface area contributed by atoms with Gasteiger partial charge in [0.05, 0.1) is 6.04 Å². The number of nitrogens with one attached hydrogen (secondary N) is 3. The number of aliphatic imine (C=N–C) groups is 1. The normalized spacial score (nSPS) is 26.0. The molecule has 0 spiro atoms. The molecule has 3 N–H and O–H groups in total. The lowest BCUT2D eigenvalue weighted by Crippen LogP contribution is -2.33. The molecule has 0 aromatic heterocycles. The molecule has 2 heterocycles. The van der Waals surface area contributed by atoms with E-state index in [4.69, 9.17) is 10.4 Å². The van der Waals surface area contributed by atoms with Crippen molar-refractivity contribution in [2.75, 3.05) is 7.05 Å². The fourth-order valence-electron chi connectivity index (χ4n) is 2.93. The fourth-order valence-corrected chi connectivity index (χ4v) is 2.93. The van der Waals surface area contributed by atoms with Crippen LogP contribution >= 0.6 is 0 Å². The molecule has 0 fully saturated rings. The summed E-state index contributed by atoms with van der Waals surface area (Å²) in [7, 11) is 1.98. The maximum Gasteiger partial charge on any atom is 0.125 e. The lowest BCUT2D eigenvalue weighted by molar-refractivity contribution is 0.448. The van der Waals surface area contributed by atoms with Crippen LogP contribution in [0.3, 0.4) is 0 Å². The number of hydrogen-bond donors (Lipinski definition) is 3. The molecule has 0 aromatic carbocycles. The fraction of sp³-hybridized carbons (Fsp3) is 0.500. The van der Waals surface area contributed by atoms with Crippen LogP contribution in [-0.4, -0.2) is 29.9 Å². The highest BCUT2D eigenvalue weighted by Crippen LogP contribution is 2.31. The molecule has 0 amide bonds. The van der Waals surface area contributed by atoms with Crippen LogP contribution in [0.5, 0.6) is 0 Å². The van der Waals surface area contributed by atoms with Crippen molar-refractivity contribution in [3.8, 4) is 0 Å². The summed E-state index contributed by atoms with van der Waals surface area (Å²) in [5.74, 6) is 1.19. The van der Waals surface area contributed by atoms with Crippen LogP contribution in [0.15, 0.2) is 40.9 Å². The van der Waals surface area contributed by atoms with Crippen molar-refractivity contribution in [3.05, 3.63) is 35.9 Å². The second kappa shape index (κ2) is 6.26. The van der Waals surface area contributed by atoms with Gasteiger partial charge in [0.1, 0.15) is 5.82 Å². The summed E-state index contributed by atoms with van der Waals surface area (Å²) in [6.45, 7) is 10.5. The maximum absolute atomic E-state index is 7.84. The minimum Gasteiger partial charge on any atom is -0.333 e. The third-order valence-corrected chi connectivity index (χ3v) is 4.10. The van der Waals surface area contributed by atoms with Gasteiger partial charge in [-0.2, -0.15) is 0 Å². The Labute approximate surface area is 127 Å². The van der Waals surface area contributed by atoms with Gasteiger partial charge in [-0.05, 0) is 17.6 Å². The highest BCUT2D eigenvalue weighted by atomic mass is 15.4. The van der Waals surface area contributed by atoms with Gasteiger partial charge < -0.3 is 15.7 Å². The molecule has 0 aromatic rings. The summed E-state index contributed by atoms with van der Waals surface area (Å²) in [6.07, 6.45) is 6.27. The van der Waals surface area contributed by atoms with Crippen molar-refractivity contribution in [1.29, 1.82) is 5.41 Å². The van der Waals surface area contributed by atoms with Crippen LogP contribution in [0.2, 0.25) is 0 Å². The smallest absolute Gasteiger partial charge is 0.125 e. The highest BCUT2D eigenvalue weighted by molar-refractivity contribution is 5.97. The van der Waals surface area contributed by atoms with E-state index in [1.165, 1.54) is 6.21 Å². The molecule has 2 unspecified atom stereocenters. The topological polar surface area (TPSA) is 63.5 Å². The van der Waals surface area contributed by atoms with Crippen LogP contribution in [-0.2, 0) is 0 Å². The summed E-state index contributed by atoms with van der Waals surface area (Å²) >= 11 is 0. The van der Waals surface area contributed by atoms with Crippen molar-refractivity contribution < 1.29 is 0 Å². The molecular weight excluding hydrogens is 262 g/mol. The van der Waals surface area contributed by atoms with Crippen molar-refractivity contribution in [3.63, 3.8) is 0 Å². The summed E-state index contributed by atoms with van der Waals surface area (Å²) < 4.78 is 0. The monoisotopic (exact) mass is 287 g/mol. The Hall–Kier alpha value is -1.88. The average molecular weight is 287 g/mol. The van der Waals surface area contributed by atoms with Gasteiger partial charge in [-0.15, -0.1) is 0 Å². The zero-order valence-corrected chi connectivity index (χ0v) is 13.3. The summed E-state index contributed by atoms with van der Waals surface area (Å²) in [5, 5.41) is 7.84. The molecule has 0 aliphatic carbocycles. The van der Waals surface area contributed by atoms with Crippen molar-refractivity contribution in [2.24, 2.45) is 16.8 Å². The van der Waals surface area contributed by atoms with Crippen LogP contribution in [0.4, 0.5) is 0 Å². The average Bonchev–Trinajstić information content (AvgIpc) is 2.91. The van der Waals surface area contributed by atoms with Gasteiger partial charge in [-0.3, -0.25) is 0 Å². The van der Waals surface area contributed by atoms with Gasteiger partial charge in [-0.25, -0.2) is 10.4 Å². The van der Waals surface area contributed by atoms with E-state index in [1.54, 1.807) is 0 Å². The Morgan fingerprint density at radius 2 is 2.24 bits per heavy atom. The molecule has 0 bridgehead atoms. The van der Waals surface area contributed by atoms with E-state index in [9.17, 15) is 0 Å². The molecule has 0 saturated carbocycles. The molecule has 21 heavy (non-hydrogen) atoms. The van der Waals surface area contributed by atoms with E-state index >= 15 is 0 Å². The summed E-state index contributed by atoms with van der Waals surface area (Å²) in [5.41, 5.74) is 9.39. The Bertz CT molecular complexity index is 527. The van der Waals surface area contributed by atoms with E-state index in [-0.39, 0.29) is 12.0 Å². The lowest BCUT2D eigenvalue weighted by Gasteiger charge is -2.26. The number of hydrazine groups is 1. The first kappa shape index (κ1) is 15.5. The van der Waals surface area contributed by atoms with Gasteiger partial charge in [0.25, 0.3) is 0 Å². The molecule has 0 saturated heterocycles. The first-order valence-electron chi connectivity index (χ1n) is 7.38. The highest BCUT2D eigenvalue weighted by Gasteiger charge is 2.28. The first-order chi connectivity index (χ1) is 9.95. The van der Waals surface area contributed by atoms with Gasteiger partial charge in [0.2, 0.25) is 0 Å². The predicted molar refractivity (Wildman–Crippen MR) is 88.0 cm³/mol. The third-order valence-electron chi connectivity index (χ3n) is 4.10. The largest absolute Gasteiger partial charge is 0.333 e. The predicted octanol–water partition coefficient (Wildman–Crippen LogP) is 2.42. The maximum atomic E-state index is 7.84. The standard InChI is InChI=1S/C16H25N5/c1-10(2)16-14(9-17)11(3)15(19-12(4)21(16)5)8-13-6-7-18-20-13/h6-7,9-11,13,17-18,20H,4,8H2,1-3,5H3. The molecule has 5 nitrogen and oxygen atoms in total. The number of nitrogens with zero attached hydrogens (tertiary/aromatic N) is 2. The van der Waals surface area contributed by atoms with Crippen molar-refractivity contribution >= 4 is 11.9 Å². The van der Waals surface area contributed by atoms with Gasteiger partial charge >= 0.3 is 0 Å². The minimum absolute atomic E-state index is 0.123. The SMILES string of the molecule is C=C1N=C(CC2C=CNN2)C(C)C(C=N)=C(C(C)C)N1C. The molecule has 114 valence electrons. The zero-order chi connectivity index (χ0) is 15.6. The van der Waals surface area contributed by atoms with Gasteiger partial charge in [0, 0.05) is 43.2 Å². The molecule has 2 aliphatic rings. The first-order valence-corrected chi connectivity index (χ1v) is 7.38. The molecule has 2 aliphatic heterocycles. The number of hydrogen-bond acceptors (Lipinski definition) is 5. The molecule has 2 rings (SSSR count). The number of allylic oxidation sites excluding steroid dienone is 2. The van der Waals surface area contributed by atoms with Crippen LogP contribution < -0.4 is 10.9 Å². The molecular formula is C16H25N5. The second-order valence-corrected chi connectivity index (χ2v) is 5.90. The Balaban J connectivity index is 2.39. The lowest BCUT2D eigenvalue weighted by atomic mass is 9.88. The molecule has 5 heteroatoms. The third kappa shape index (κ3) is 3.08. The minimum atomic E-state index is 0.123. The molecule has 0 radical (unpaired) electrons. The number of rotatable bonds is 4. The Kier molecular flexibility index (Phi) is 4.63. The quantitative estimate of drug-likeness (QED) is 0.696. The van der Waals surface area contributed by atoms with E-state index in [1.807, 2.05) is 18.1 Å². The van der Waals surface area contributed by atoms with E-state index in [0.29, 0.717) is 5.92 Å². The summed E-state index contributed by atoms with van der Waals surface area (Å²) in [6, 6.07) is 0.233. The van der Waals surface area contributed by atoms with Crippen LogP contribution in [0.1, 0.15) is 27.2 Å². The van der Waals surface area contributed by atoms with Crippen molar-refractivity contribution in [2.45, 2.75) is 33.2 Å². The van der Waals surface area contributed by atoms with E-state index in [0.717, 1.165) is 29.2 Å². The second-order valence-electron chi connectivity index (χ2n) is 5.90. The Morgan fingerprint density at radius 1 is 1.52 bits per heavy atom. The van der Waals surface area contributed by atoms with Crippen LogP contribution in [0.25, 0.3) is 0 Å². The molecule has 2 atom stereocenters. The van der Waals surface area contributed by atoms with Crippen LogP contribution in [0, 0.1) is 17.2 Å².